The summed E-state index contributed by atoms with van der Waals surface area (Å²) in [5.41, 5.74) is 0.598. The number of nitrogens with zero attached hydrogens (tertiary/aromatic N) is 2. The summed E-state index contributed by atoms with van der Waals surface area (Å²) in [6.07, 6.45) is -4.42. The van der Waals surface area contributed by atoms with Crippen LogP contribution < -0.4 is 10.6 Å². The SMILES string of the molecule is CO[C@@H]1C[C@H](C(=O)Nc2cc3c(c(C(F)(F)F)c2)CCN(C)C3)N(C(=O)Nc2ccc(Cl)cc2)C1. The third kappa shape index (κ3) is 5.71. The summed E-state index contributed by atoms with van der Waals surface area (Å²) in [5, 5.41) is 5.84. The second-order valence-corrected chi connectivity index (χ2v) is 9.27. The predicted molar refractivity (Wildman–Crippen MR) is 126 cm³/mol. The number of alkyl halides is 3. The Morgan fingerprint density at radius 2 is 1.83 bits per heavy atom. The van der Waals surface area contributed by atoms with Crippen molar-refractivity contribution in [1.82, 2.24) is 9.80 Å². The minimum atomic E-state index is -4.54. The first kappa shape index (κ1) is 25.3. The number of nitrogens with one attached hydrogen (secondary N) is 2. The van der Waals surface area contributed by atoms with Gasteiger partial charge in [-0.05, 0) is 61.0 Å². The van der Waals surface area contributed by atoms with E-state index in [0.29, 0.717) is 29.4 Å². The number of fused-ring (bicyclic) bond motifs is 1. The van der Waals surface area contributed by atoms with Gasteiger partial charge < -0.3 is 25.2 Å². The van der Waals surface area contributed by atoms with Gasteiger partial charge >= 0.3 is 12.2 Å². The predicted octanol–water partition coefficient (Wildman–Crippen LogP) is 4.61. The zero-order chi connectivity index (χ0) is 25.3. The van der Waals surface area contributed by atoms with Crippen LogP contribution in [0, 0.1) is 0 Å². The lowest BCUT2D eigenvalue weighted by atomic mass is 9.93. The fourth-order valence-electron chi connectivity index (χ4n) is 4.56. The average Bonchev–Trinajstić information content (AvgIpc) is 3.24. The van der Waals surface area contributed by atoms with Crippen LogP contribution >= 0.6 is 11.6 Å². The van der Waals surface area contributed by atoms with Crippen LogP contribution in [-0.2, 0) is 28.7 Å². The molecule has 188 valence electrons. The van der Waals surface area contributed by atoms with E-state index in [4.69, 9.17) is 16.3 Å². The van der Waals surface area contributed by atoms with Crippen LogP contribution in [0.2, 0.25) is 5.02 Å². The maximum atomic E-state index is 13.8. The quantitative estimate of drug-likeness (QED) is 0.630. The molecule has 35 heavy (non-hydrogen) atoms. The molecular formula is C24H26ClF3N4O3. The molecule has 0 aromatic heterocycles. The topological polar surface area (TPSA) is 73.9 Å². The number of carbonyl (C=O) groups excluding carboxylic acids is 2. The maximum Gasteiger partial charge on any atom is 0.416 e. The van der Waals surface area contributed by atoms with E-state index in [1.807, 2.05) is 11.9 Å². The lowest BCUT2D eigenvalue weighted by Gasteiger charge is -2.29. The second kappa shape index (κ2) is 10.0. The lowest BCUT2D eigenvalue weighted by Crippen LogP contribution is -2.45. The fourth-order valence-corrected chi connectivity index (χ4v) is 4.69. The van der Waals surface area contributed by atoms with Gasteiger partial charge in [-0.2, -0.15) is 13.2 Å². The molecule has 11 heteroatoms. The second-order valence-electron chi connectivity index (χ2n) is 8.83. The molecule has 4 rings (SSSR count). The number of likely N-dealkylation sites (N-methyl/N-ethyl adjacent to an activating group) is 1. The smallest absolute Gasteiger partial charge is 0.380 e. The molecule has 2 atom stereocenters. The number of urea groups is 1. The Labute approximate surface area is 206 Å². The molecule has 2 N–H and O–H groups in total. The molecule has 0 radical (unpaired) electrons. The van der Waals surface area contributed by atoms with Crippen molar-refractivity contribution in [2.75, 3.05) is 37.9 Å². The fraction of sp³-hybridized carbons (Fsp3) is 0.417. The van der Waals surface area contributed by atoms with Crippen molar-refractivity contribution in [2.45, 2.75) is 37.7 Å². The zero-order valence-corrected chi connectivity index (χ0v) is 20.0. The van der Waals surface area contributed by atoms with Crippen LogP contribution in [0.3, 0.4) is 0 Å². The van der Waals surface area contributed by atoms with E-state index in [2.05, 4.69) is 10.6 Å². The molecule has 0 aliphatic carbocycles. The Bertz CT molecular complexity index is 1110. The molecule has 0 bridgehead atoms. The van der Waals surface area contributed by atoms with Gasteiger partial charge in [0.1, 0.15) is 6.04 Å². The Balaban J connectivity index is 1.56. The standard InChI is InChI=1S/C24H26ClF3N4O3/c1-31-8-7-19-14(12-31)9-17(10-20(19)24(26,27)28)29-22(33)21-11-18(35-2)13-32(21)23(34)30-16-5-3-15(25)4-6-16/h3-6,9-10,18,21H,7-8,11-13H2,1-2H3,(H,29,33)(H,30,34)/t18-,21-/m1/s1. The molecule has 1 fully saturated rings. The van der Waals surface area contributed by atoms with Crippen molar-refractivity contribution in [3.63, 3.8) is 0 Å². The molecule has 2 heterocycles. The molecule has 2 aliphatic rings. The normalized spacial score (nSPS) is 20.5. The Hall–Kier alpha value is -2.82. The monoisotopic (exact) mass is 510 g/mol. The van der Waals surface area contributed by atoms with Crippen LogP contribution in [0.5, 0.6) is 0 Å². The molecule has 0 spiro atoms. The molecule has 2 aromatic rings. The van der Waals surface area contributed by atoms with Gasteiger partial charge in [0.05, 0.1) is 11.7 Å². The van der Waals surface area contributed by atoms with Gasteiger partial charge in [0, 0.05) is 49.6 Å². The highest BCUT2D eigenvalue weighted by molar-refractivity contribution is 6.30. The first-order chi connectivity index (χ1) is 16.5. The number of rotatable bonds is 4. The largest absolute Gasteiger partial charge is 0.416 e. The summed E-state index contributed by atoms with van der Waals surface area (Å²) in [4.78, 5) is 29.4. The summed E-state index contributed by atoms with van der Waals surface area (Å²) in [7, 11) is 3.32. The third-order valence-corrected chi connectivity index (χ3v) is 6.61. The van der Waals surface area contributed by atoms with E-state index < -0.39 is 29.7 Å². The molecule has 7 nitrogen and oxygen atoms in total. The number of methoxy groups -OCH3 is 1. The van der Waals surface area contributed by atoms with Crippen LogP contribution in [0.25, 0.3) is 0 Å². The van der Waals surface area contributed by atoms with Crippen molar-refractivity contribution in [3.8, 4) is 0 Å². The van der Waals surface area contributed by atoms with Crippen LogP contribution in [0.15, 0.2) is 36.4 Å². The van der Waals surface area contributed by atoms with Crippen molar-refractivity contribution < 1.29 is 27.5 Å². The van der Waals surface area contributed by atoms with Gasteiger partial charge in [-0.3, -0.25) is 4.79 Å². The van der Waals surface area contributed by atoms with Gasteiger partial charge in [-0.1, -0.05) is 11.6 Å². The molecular weight excluding hydrogens is 485 g/mol. The minimum Gasteiger partial charge on any atom is -0.380 e. The molecule has 1 saturated heterocycles. The summed E-state index contributed by atoms with van der Waals surface area (Å²) < 4.78 is 46.7. The highest BCUT2D eigenvalue weighted by Gasteiger charge is 2.41. The summed E-state index contributed by atoms with van der Waals surface area (Å²) in [5.74, 6) is -0.576. The van der Waals surface area contributed by atoms with Crippen molar-refractivity contribution in [1.29, 1.82) is 0 Å². The zero-order valence-electron chi connectivity index (χ0n) is 19.3. The Morgan fingerprint density at radius 1 is 1.11 bits per heavy atom. The van der Waals surface area contributed by atoms with E-state index in [1.165, 1.54) is 12.0 Å². The number of benzene rings is 2. The minimum absolute atomic E-state index is 0.0512. The van der Waals surface area contributed by atoms with Crippen LogP contribution in [0.1, 0.15) is 23.1 Å². The number of carbonyl (C=O) groups is 2. The van der Waals surface area contributed by atoms with Gasteiger partial charge in [-0.25, -0.2) is 4.79 Å². The Morgan fingerprint density at radius 3 is 2.49 bits per heavy atom. The molecule has 2 aliphatic heterocycles. The number of likely N-dealkylation sites (tertiary alicyclic amines) is 1. The highest BCUT2D eigenvalue weighted by Crippen LogP contribution is 2.38. The van der Waals surface area contributed by atoms with E-state index in [-0.39, 0.29) is 36.7 Å². The van der Waals surface area contributed by atoms with Gasteiger partial charge in [-0.15, -0.1) is 0 Å². The maximum absolute atomic E-state index is 13.8. The summed E-state index contributed by atoms with van der Waals surface area (Å²) >= 11 is 5.88. The van der Waals surface area contributed by atoms with E-state index in [0.717, 1.165) is 6.07 Å². The number of halogens is 4. The number of amides is 3. The van der Waals surface area contributed by atoms with Crippen molar-refractivity contribution in [2.24, 2.45) is 0 Å². The van der Waals surface area contributed by atoms with E-state index in [9.17, 15) is 22.8 Å². The molecule has 0 saturated carbocycles. The lowest BCUT2D eigenvalue weighted by molar-refractivity contribution is -0.138. The summed E-state index contributed by atoms with van der Waals surface area (Å²) in [6.45, 7) is 1.05. The van der Waals surface area contributed by atoms with Crippen molar-refractivity contribution in [3.05, 3.63) is 58.1 Å². The van der Waals surface area contributed by atoms with Crippen LogP contribution in [0.4, 0.5) is 29.3 Å². The number of ether oxygens (including phenoxy) is 1. The highest BCUT2D eigenvalue weighted by atomic mass is 35.5. The van der Waals surface area contributed by atoms with E-state index >= 15 is 0 Å². The molecule has 3 amide bonds. The average molecular weight is 511 g/mol. The number of hydrogen-bond acceptors (Lipinski definition) is 4. The van der Waals surface area contributed by atoms with Gasteiger partial charge in [0.15, 0.2) is 0 Å². The number of anilines is 2. The first-order valence-electron chi connectivity index (χ1n) is 11.1. The van der Waals surface area contributed by atoms with E-state index in [1.54, 1.807) is 30.3 Å². The first-order valence-corrected chi connectivity index (χ1v) is 11.5. The molecule has 2 aromatic carbocycles. The number of hydrogen-bond donors (Lipinski definition) is 2. The third-order valence-electron chi connectivity index (χ3n) is 6.35. The van der Waals surface area contributed by atoms with Crippen molar-refractivity contribution >= 4 is 34.9 Å². The van der Waals surface area contributed by atoms with Gasteiger partial charge in [0.2, 0.25) is 5.91 Å². The van der Waals surface area contributed by atoms with Crippen LogP contribution in [-0.4, -0.2) is 61.1 Å². The summed E-state index contributed by atoms with van der Waals surface area (Å²) in [6, 6.07) is 7.62. The molecule has 0 unspecified atom stereocenters. The Kier molecular flexibility index (Phi) is 7.25. The van der Waals surface area contributed by atoms with Gasteiger partial charge in [0.25, 0.3) is 0 Å².